The quantitative estimate of drug-likeness (QED) is 0.573. The van der Waals surface area contributed by atoms with Gasteiger partial charge in [0.2, 0.25) is 0 Å². The van der Waals surface area contributed by atoms with Crippen LogP contribution in [0.4, 0.5) is 0 Å². The summed E-state index contributed by atoms with van der Waals surface area (Å²) in [5, 5.41) is 7.31. The lowest BCUT2D eigenvalue weighted by Crippen LogP contribution is -2.03. The van der Waals surface area contributed by atoms with Gasteiger partial charge in [-0.25, -0.2) is 4.68 Å². The third-order valence-corrected chi connectivity index (χ3v) is 1.20. The fourth-order valence-electron chi connectivity index (χ4n) is 0.742. The summed E-state index contributed by atoms with van der Waals surface area (Å²) < 4.78 is 1.59. The van der Waals surface area contributed by atoms with Crippen molar-refractivity contribution in [3.05, 3.63) is 11.9 Å². The Morgan fingerprint density at radius 1 is 1.80 bits per heavy atom. The minimum Gasteiger partial charge on any atom is -0.296 e. The van der Waals surface area contributed by atoms with Gasteiger partial charge in [0.15, 0.2) is 6.29 Å². The number of hydrogen-bond acceptors (Lipinski definition) is 3. The van der Waals surface area contributed by atoms with Crippen molar-refractivity contribution >= 4 is 6.29 Å². The van der Waals surface area contributed by atoms with Crippen molar-refractivity contribution in [1.29, 1.82) is 0 Å². The lowest BCUT2D eigenvalue weighted by atomic mass is 10.4. The molecule has 1 rings (SSSR count). The molecule has 0 aliphatic rings. The highest BCUT2D eigenvalue weighted by molar-refractivity contribution is 5.71. The first-order valence-electron chi connectivity index (χ1n) is 3.22. The van der Waals surface area contributed by atoms with Crippen LogP contribution < -0.4 is 0 Å². The number of carbonyl (C=O) groups is 1. The van der Waals surface area contributed by atoms with Gasteiger partial charge in [-0.1, -0.05) is 12.1 Å². The van der Waals surface area contributed by atoms with Gasteiger partial charge in [-0.05, 0) is 6.42 Å². The number of aromatic nitrogens is 3. The number of hydrogen-bond donors (Lipinski definition) is 0. The maximum absolute atomic E-state index is 10.3. The van der Waals surface area contributed by atoms with E-state index < -0.39 is 0 Å². The average Bonchev–Trinajstić information content (AvgIpc) is 2.36. The van der Waals surface area contributed by atoms with Gasteiger partial charge in [0, 0.05) is 6.54 Å². The molecule has 1 aromatic heterocycles. The SMILES string of the molecule is CCCn1nncc1C=O. The summed E-state index contributed by atoms with van der Waals surface area (Å²) in [6.45, 7) is 2.78. The third-order valence-electron chi connectivity index (χ3n) is 1.20. The van der Waals surface area contributed by atoms with Crippen LogP contribution >= 0.6 is 0 Å². The summed E-state index contributed by atoms with van der Waals surface area (Å²) in [5.41, 5.74) is 0.543. The van der Waals surface area contributed by atoms with Crippen LogP contribution in [0.3, 0.4) is 0 Å². The highest BCUT2D eigenvalue weighted by atomic mass is 16.1. The third kappa shape index (κ3) is 1.21. The van der Waals surface area contributed by atoms with Crippen molar-refractivity contribution in [1.82, 2.24) is 15.0 Å². The van der Waals surface area contributed by atoms with E-state index in [0.29, 0.717) is 5.69 Å². The molecule has 54 valence electrons. The van der Waals surface area contributed by atoms with E-state index in [0.717, 1.165) is 19.3 Å². The summed E-state index contributed by atoms with van der Waals surface area (Å²) in [4.78, 5) is 10.3. The minimum absolute atomic E-state index is 0.543. The molecule has 0 bridgehead atoms. The van der Waals surface area contributed by atoms with Crippen LogP contribution in [0.2, 0.25) is 0 Å². The van der Waals surface area contributed by atoms with Gasteiger partial charge in [-0.3, -0.25) is 4.79 Å². The van der Waals surface area contributed by atoms with Crippen molar-refractivity contribution in [3.63, 3.8) is 0 Å². The second kappa shape index (κ2) is 3.10. The summed E-state index contributed by atoms with van der Waals surface area (Å²) in [5.74, 6) is 0. The molecule has 0 spiro atoms. The number of carbonyl (C=O) groups excluding carboxylic acids is 1. The molecule has 0 saturated heterocycles. The van der Waals surface area contributed by atoms with Crippen LogP contribution in [0.1, 0.15) is 23.8 Å². The van der Waals surface area contributed by atoms with Crippen LogP contribution in [0.25, 0.3) is 0 Å². The summed E-state index contributed by atoms with van der Waals surface area (Å²) in [6.07, 6.45) is 3.18. The second-order valence-corrected chi connectivity index (χ2v) is 2.00. The molecule has 10 heavy (non-hydrogen) atoms. The molecule has 0 aromatic carbocycles. The Labute approximate surface area is 58.8 Å². The predicted molar refractivity (Wildman–Crippen MR) is 35.7 cm³/mol. The van der Waals surface area contributed by atoms with Gasteiger partial charge >= 0.3 is 0 Å². The van der Waals surface area contributed by atoms with E-state index in [1.165, 1.54) is 6.20 Å². The number of aldehydes is 1. The van der Waals surface area contributed by atoms with E-state index in [1.807, 2.05) is 6.92 Å². The Morgan fingerprint density at radius 2 is 2.60 bits per heavy atom. The standard InChI is InChI=1S/C6H9N3O/c1-2-3-9-6(5-10)4-7-8-9/h4-5H,2-3H2,1H3. The lowest BCUT2D eigenvalue weighted by molar-refractivity contribution is 0.111. The Bertz CT molecular complexity index is 219. The Morgan fingerprint density at radius 3 is 3.20 bits per heavy atom. The normalized spacial score (nSPS) is 9.70. The largest absolute Gasteiger partial charge is 0.296 e. The Balaban J connectivity index is 2.79. The summed E-state index contributed by atoms with van der Waals surface area (Å²) in [6, 6.07) is 0. The molecule has 1 heterocycles. The number of nitrogens with zero attached hydrogens (tertiary/aromatic N) is 3. The van der Waals surface area contributed by atoms with E-state index in [4.69, 9.17) is 0 Å². The first-order valence-corrected chi connectivity index (χ1v) is 3.22. The van der Waals surface area contributed by atoms with Gasteiger partial charge in [0.1, 0.15) is 5.69 Å². The van der Waals surface area contributed by atoms with Crippen LogP contribution in [-0.4, -0.2) is 21.3 Å². The zero-order valence-corrected chi connectivity index (χ0v) is 5.82. The van der Waals surface area contributed by atoms with Gasteiger partial charge in [0.05, 0.1) is 6.20 Å². The molecular weight excluding hydrogens is 130 g/mol. The van der Waals surface area contributed by atoms with Crippen LogP contribution in [0.5, 0.6) is 0 Å². The zero-order chi connectivity index (χ0) is 7.40. The Hall–Kier alpha value is -1.19. The Kier molecular flexibility index (Phi) is 2.15. The molecule has 0 N–H and O–H groups in total. The highest BCUT2D eigenvalue weighted by Crippen LogP contribution is 1.92. The second-order valence-electron chi connectivity index (χ2n) is 2.00. The molecule has 0 unspecified atom stereocenters. The fraction of sp³-hybridized carbons (Fsp3) is 0.500. The van der Waals surface area contributed by atoms with E-state index in [1.54, 1.807) is 4.68 Å². The smallest absolute Gasteiger partial charge is 0.169 e. The molecule has 0 aliphatic heterocycles. The minimum atomic E-state index is 0.543. The summed E-state index contributed by atoms with van der Waals surface area (Å²) in [7, 11) is 0. The van der Waals surface area contributed by atoms with Gasteiger partial charge in [0.25, 0.3) is 0 Å². The molecule has 4 nitrogen and oxygen atoms in total. The van der Waals surface area contributed by atoms with E-state index in [-0.39, 0.29) is 0 Å². The molecule has 4 heteroatoms. The first-order chi connectivity index (χ1) is 4.88. The van der Waals surface area contributed by atoms with Crippen molar-refractivity contribution in [2.45, 2.75) is 19.9 Å². The average molecular weight is 139 g/mol. The zero-order valence-electron chi connectivity index (χ0n) is 5.82. The maximum atomic E-state index is 10.3. The molecule has 1 aromatic rings. The van der Waals surface area contributed by atoms with Gasteiger partial charge in [-0.15, -0.1) is 5.10 Å². The van der Waals surface area contributed by atoms with Gasteiger partial charge in [-0.2, -0.15) is 0 Å². The molecule has 0 aliphatic carbocycles. The molecule has 0 atom stereocenters. The molecular formula is C6H9N3O. The van der Waals surface area contributed by atoms with Gasteiger partial charge < -0.3 is 0 Å². The molecule has 0 amide bonds. The van der Waals surface area contributed by atoms with Crippen molar-refractivity contribution in [2.75, 3.05) is 0 Å². The van der Waals surface area contributed by atoms with Crippen molar-refractivity contribution in [3.8, 4) is 0 Å². The molecule has 0 fully saturated rings. The van der Waals surface area contributed by atoms with Crippen molar-refractivity contribution < 1.29 is 4.79 Å². The molecule has 0 saturated carbocycles. The van der Waals surface area contributed by atoms with E-state index >= 15 is 0 Å². The van der Waals surface area contributed by atoms with Crippen LogP contribution in [0, 0.1) is 0 Å². The topological polar surface area (TPSA) is 47.8 Å². The maximum Gasteiger partial charge on any atom is 0.169 e. The molecule has 0 radical (unpaired) electrons. The van der Waals surface area contributed by atoms with Crippen molar-refractivity contribution in [2.24, 2.45) is 0 Å². The lowest BCUT2D eigenvalue weighted by Gasteiger charge is -1.95. The monoisotopic (exact) mass is 139 g/mol. The van der Waals surface area contributed by atoms with E-state index in [2.05, 4.69) is 10.3 Å². The van der Waals surface area contributed by atoms with E-state index in [9.17, 15) is 4.79 Å². The summed E-state index contributed by atoms with van der Waals surface area (Å²) >= 11 is 0. The predicted octanol–water partition coefficient (Wildman–Crippen LogP) is 0.501. The van der Waals surface area contributed by atoms with Crippen LogP contribution in [0.15, 0.2) is 6.20 Å². The highest BCUT2D eigenvalue weighted by Gasteiger charge is 1.98. The fourth-order valence-corrected chi connectivity index (χ4v) is 0.742. The number of aryl methyl sites for hydroxylation is 1. The first kappa shape index (κ1) is 6.92. The van der Waals surface area contributed by atoms with Crippen LogP contribution in [-0.2, 0) is 6.54 Å². The number of rotatable bonds is 3.